The smallest absolute Gasteiger partial charge is 0.199 e. The molecule has 7 heteroatoms. The number of nitrogens with zero attached hydrogens (tertiary/aromatic N) is 2. The highest BCUT2D eigenvalue weighted by atomic mass is 35.5. The fraction of sp³-hybridized carbons (Fsp3) is 0.227. The SMILES string of the molecule is O=C(c1ccc(Oc2ccccc2)cc1)c1c(Cl)ncnc1N[C@@H]1CCCNC1. The second kappa shape index (κ2) is 9.03. The monoisotopic (exact) mass is 408 g/mol. The van der Waals surface area contributed by atoms with Crippen molar-refractivity contribution < 1.29 is 9.53 Å². The first-order valence-corrected chi connectivity index (χ1v) is 9.94. The zero-order valence-corrected chi connectivity index (χ0v) is 16.5. The second-order valence-corrected chi connectivity index (χ2v) is 7.20. The van der Waals surface area contributed by atoms with E-state index < -0.39 is 0 Å². The van der Waals surface area contributed by atoms with Gasteiger partial charge in [0.25, 0.3) is 0 Å². The summed E-state index contributed by atoms with van der Waals surface area (Å²) in [5.41, 5.74) is 0.781. The summed E-state index contributed by atoms with van der Waals surface area (Å²) in [6.45, 7) is 1.83. The molecule has 1 fully saturated rings. The van der Waals surface area contributed by atoms with Crippen LogP contribution in [0.5, 0.6) is 11.5 Å². The molecule has 0 unspecified atom stereocenters. The normalized spacial score (nSPS) is 16.2. The van der Waals surface area contributed by atoms with Gasteiger partial charge < -0.3 is 15.4 Å². The van der Waals surface area contributed by atoms with E-state index >= 15 is 0 Å². The Morgan fingerprint density at radius 3 is 2.55 bits per heavy atom. The standard InChI is InChI=1S/C22H21ClN4O2/c23-21-19(22(26-14-25-21)27-16-5-4-12-24-13-16)20(28)15-8-10-18(11-9-15)29-17-6-2-1-3-7-17/h1-3,6-11,14,16,24H,4-5,12-13H2,(H,25,26,27)/t16-/m1/s1. The van der Waals surface area contributed by atoms with E-state index in [0.29, 0.717) is 17.1 Å². The quantitative estimate of drug-likeness (QED) is 0.467. The van der Waals surface area contributed by atoms with Gasteiger partial charge in [-0.3, -0.25) is 4.79 Å². The van der Waals surface area contributed by atoms with Crippen LogP contribution in [0.4, 0.5) is 5.82 Å². The summed E-state index contributed by atoms with van der Waals surface area (Å²) in [6.07, 6.45) is 3.45. The molecule has 2 N–H and O–H groups in total. The lowest BCUT2D eigenvalue weighted by Gasteiger charge is -2.25. The minimum atomic E-state index is -0.229. The number of para-hydroxylation sites is 1. The summed E-state index contributed by atoms with van der Waals surface area (Å²) < 4.78 is 5.79. The summed E-state index contributed by atoms with van der Waals surface area (Å²) >= 11 is 6.28. The Bertz CT molecular complexity index is 974. The number of hydrogen-bond acceptors (Lipinski definition) is 6. The average Bonchev–Trinajstić information content (AvgIpc) is 2.75. The van der Waals surface area contributed by atoms with Crippen LogP contribution in [0.25, 0.3) is 0 Å². The van der Waals surface area contributed by atoms with E-state index in [9.17, 15) is 4.79 Å². The van der Waals surface area contributed by atoms with Gasteiger partial charge in [0, 0.05) is 18.2 Å². The molecule has 1 saturated heterocycles. The van der Waals surface area contributed by atoms with Gasteiger partial charge in [-0.05, 0) is 55.8 Å². The number of halogens is 1. The third-order valence-corrected chi connectivity index (χ3v) is 5.05. The predicted molar refractivity (Wildman–Crippen MR) is 113 cm³/mol. The Morgan fingerprint density at radius 2 is 1.83 bits per heavy atom. The minimum absolute atomic E-state index is 0.140. The number of aromatic nitrogens is 2. The van der Waals surface area contributed by atoms with E-state index in [0.717, 1.165) is 31.7 Å². The van der Waals surface area contributed by atoms with Crippen molar-refractivity contribution in [2.75, 3.05) is 18.4 Å². The number of anilines is 1. The van der Waals surface area contributed by atoms with E-state index in [1.807, 2.05) is 30.3 Å². The van der Waals surface area contributed by atoms with E-state index in [4.69, 9.17) is 16.3 Å². The first kappa shape index (κ1) is 19.4. The molecule has 0 amide bonds. The van der Waals surface area contributed by atoms with Crippen LogP contribution in [0.1, 0.15) is 28.8 Å². The number of carbonyl (C=O) groups excluding carboxylic acids is 1. The molecule has 0 radical (unpaired) electrons. The van der Waals surface area contributed by atoms with E-state index in [1.54, 1.807) is 24.3 Å². The highest BCUT2D eigenvalue weighted by Crippen LogP contribution is 2.27. The molecule has 29 heavy (non-hydrogen) atoms. The lowest BCUT2D eigenvalue weighted by atomic mass is 10.0. The molecule has 3 aromatic rings. The first-order valence-electron chi connectivity index (χ1n) is 9.56. The largest absolute Gasteiger partial charge is 0.457 e. The number of carbonyl (C=O) groups is 1. The Kier molecular flexibility index (Phi) is 6.03. The molecule has 4 rings (SSSR count). The molecule has 1 aromatic heterocycles. The van der Waals surface area contributed by atoms with Gasteiger partial charge in [0.05, 0.1) is 0 Å². The molecule has 148 valence electrons. The van der Waals surface area contributed by atoms with E-state index in [1.165, 1.54) is 6.33 Å². The molecule has 1 atom stereocenters. The summed E-state index contributed by atoms with van der Waals surface area (Å²) in [5.74, 6) is 1.62. The molecule has 1 aliphatic heterocycles. The van der Waals surface area contributed by atoms with Crippen molar-refractivity contribution in [3.63, 3.8) is 0 Å². The van der Waals surface area contributed by atoms with Crippen LogP contribution in [0.3, 0.4) is 0 Å². The molecule has 0 spiro atoms. The second-order valence-electron chi connectivity index (χ2n) is 6.84. The van der Waals surface area contributed by atoms with Gasteiger partial charge in [0.2, 0.25) is 0 Å². The maximum Gasteiger partial charge on any atom is 0.199 e. The Labute approximate surface area is 174 Å². The molecule has 0 aliphatic carbocycles. The van der Waals surface area contributed by atoms with Crippen molar-refractivity contribution in [2.24, 2.45) is 0 Å². The van der Waals surface area contributed by atoms with Gasteiger partial charge in [0.1, 0.15) is 34.4 Å². The lowest BCUT2D eigenvalue weighted by molar-refractivity contribution is 0.103. The molecule has 2 heterocycles. The van der Waals surface area contributed by atoms with Gasteiger partial charge in [-0.25, -0.2) is 9.97 Å². The molecule has 1 aliphatic rings. The highest BCUT2D eigenvalue weighted by molar-refractivity contribution is 6.34. The number of benzene rings is 2. The van der Waals surface area contributed by atoms with Crippen LogP contribution in [0.2, 0.25) is 5.15 Å². The molecule has 6 nitrogen and oxygen atoms in total. The van der Waals surface area contributed by atoms with Crippen molar-refractivity contribution >= 4 is 23.2 Å². The van der Waals surface area contributed by atoms with Crippen molar-refractivity contribution in [1.29, 1.82) is 0 Å². The van der Waals surface area contributed by atoms with Crippen molar-refractivity contribution in [3.05, 3.63) is 77.2 Å². The van der Waals surface area contributed by atoms with Crippen molar-refractivity contribution in [1.82, 2.24) is 15.3 Å². The fourth-order valence-corrected chi connectivity index (χ4v) is 3.51. The Balaban J connectivity index is 1.54. The van der Waals surface area contributed by atoms with Crippen LogP contribution in [-0.2, 0) is 0 Å². The van der Waals surface area contributed by atoms with Crippen molar-refractivity contribution in [2.45, 2.75) is 18.9 Å². The van der Waals surface area contributed by atoms with Gasteiger partial charge in [0.15, 0.2) is 5.78 Å². The Hall–Kier alpha value is -2.96. The maximum absolute atomic E-state index is 13.1. The third kappa shape index (κ3) is 4.72. The van der Waals surface area contributed by atoms with Gasteiger partial charge in [-0.15, -0.1) is 0 Å². The predicted octanol–water partition coefficient (Wildman–Crippen LogP) is 4.32. The van der Waals surface area contributed by atoms with Crippen LogP contribution >= 0.6 is 11.6 Å². The fourth-order valence-electron chi connectivity index (χ4n) is 3.29. The van der Waals surface area contributed by atoms with E-state index in [2.05, 4.69) is 20.6 Å². The number of ether oxygens (including phenoxy) is 1. The summed E-state index contributed by atoms with van der Waals surface area (Å²) in [7, 11) is 0. The number of piperidine rings is 1. The zero-order chi connectivity index (χ0) is 20.1. The highest BCUT2D eigenvalue weighted by Gasteiger charge is 2.22. The average molecular weight is 409 g/mol. The molecular formula is C22H21ClN4O2. The minimum Gasteiger partial charge on any atom is -0.457 e. The maximum atomic E-state index is 13.1. The molecule has 0 bridgehead atoms. The van der Waals surface area contributed by atoms with Crippen LogP contribution in [-0.4, -0.2) is 34.9 Å². The summed E-state index contributed by atoms with van der Waals surface area (Å²) in [6, 6.07) is 16.6. The lowest BCUT2D eigenvalue weighted by Crippen LogP contribution is -2.39. The number of ketones is 1. The summed E-state index contributed by atoms with van der Waals surface area (Å²) in [4.78, 5) is 21.4. The van der Waals surface area contributed by atoms with Gasteiger partial charge in [-0.2, -0.15) is 0 Å². The molecular weight excluding hydrogens is 388 g/mol. The molecule has 2 aromatic carbocycles. The first-order chi connectivity index (χ1) is 14.2. The number of hydrogen-bond donors (Lipinski definition) is 2. The van der Waals surface area contributed by atoms with Crippen LogP contribution in [0, 0.1) is 0 Å². The Morgan fingerprint density at radius 1 is 1.07 bits per heavy atom. The van der Waals surface area contributed by atoms with Gasteiger partial charge >= 0.3 is 0 Å². The van der Waals surface area contributed by atoms with E-state index in [-0.39, 0.29) is 22.5 Å². The topological polar surface area (TPSA) is 76.1 Å². The zero-order valence-electron chi connectivity index (χ0n) is 15.8. The number of nitrogens with one attached hydrogen (secondary N) is 2. The van der Waals surface area contributed by atoms with Crippen LogP contribution in [0.15, 0.2) is 60.9 Å². The van der Waals surface area contributed by atoms with Crippen molar-refractivity contribution in [3.8, 4) is 11.5 Å². The third-order valence-electron chi connectivity index (χ3n) is 4.76. The number of rotatable bonds is 6. The molecule has 0 saturated carbocycles. The summed E-state index contributed by atoms with van der Waals surface area (Å²) in [5, 5.41) is 6.82. The van der Waals surface area contributed by atoms with Gasteiger partial charge in [-0.1, -0.05) is 29.8 Å². The van der Waals surface area contributed by atoms with Crippen LogP contribution < -0.4 is 15.4 Å².